The molecule has 0 spiro atoms. The zero-order valence-electron chi connectivity index (χ0n) is 18.9. The summed E-state index contributed by atoms with van der Waals surface area (Å²) in [5, 5.41) is 6.98. The molecule has 0 saturated carbocycles. The molecular weight excluding hydrogens is 406 g/mol. The van der Waals surface area contributed by atoms with Crippen LogP contribution in [0.5, 0.6) is 5.75 Å². The second-order valence-electron chi connectivity index (χ2n) is 8.16. The van der Waals surface area contributed by atoms with Crippen molar-refractivity contribution in [2.75, 3.05) is 33.4 Å². The van der Waals surface area contributed by atoms with Crippen LogP contribution in [-0.4, -0.2) is 44.3 Å². The van der Waals surface area contributed by atoms with Crippen LogP contribution in [0, 0.1) is 6.92 Å². The van der Waals surface area contributed by atoms with Crippen LogP contribution < -0.4 is 15.4 Å². The summed E-state index contributed by atoms with van der Waals surface area (Å²) in [6.45, 7) is 8.66. The fourth-order valence-electron chi connectivity index (χ4n) is 4.13. The van der Waals surface area contributed by atoms with Gasteiger partial charge in [-0.2, -0.15) is 0 Å². The fourth-order valence-corrected chi connectivity index (χ4v) is 4.13. The Morgan fingerprint density at radius 1 is 1.16 bits per heavy atom. The van der Waals surface area contributed by atoms with E-state index in [2.05, 4.69) is 27.7 Å². The molecule has 32 heavy (non-hydrogen) atoms. The largest absolute Gasteiger partial charge is 0.497 e. The van der Waals surface area contributed by atoms with Crippen molar-refractivity contribution in [3.05, 3.63) is 64.9 Å². The maximum atomic E-state index is 12.6. The Balaban J connectivity index is 1.37. The number of rotatable bonds is 7. The molecule has 0 radical (unpaired) electrons. The smallest absolute Gasteiger partial charge is 0.315 e. The Kier molecular flexibility index (Phi) is 6.97. The number of carbonyl (C=O) groups excluding carboxylic acids is 1. The quantitative estimate of drug-likeness (QED) is 0.581. The molecule has 170 valence electrons. The van der Waals surface area contributed by atoms with E-state index in [1.807, 2.05) is 44.2 Å². The highest BCUT2D eigenvalue weighted by Crippen LogP contribution is 2.31. The lowest BCUT2D eigenvalue weighted by Gasteiger charge is -2.27. The van der Waals surface area contributed by atoms with Gasteiger partial charge in [-0.1, -0.05) is 24.3 Å². The van der Waals surface area contributed by atoms with Gasteiger partial charge in [0.1, 0.15) is 17.1 Å². The van der Waals surface area contributed by atoms with Gasteiger partial charge in [-0.25, -0.2) is 4.79 Å². The van der Waals surface area contributed by atoms with Gasteiger partial charge in [-0.15, -0.1) is 0 Å². The Hall–Kier alpha value is -3.03. The van der Waals surface area contributed by atoms with Crippen molar-refractivity contribution in [2.45, 2.75) is 33.0 Å². The lowest BCUT2D eigenvalue weighted by atomic mass is 10.1. The van der Waals surface area contributed by atoms with Crippen molar-refractivity contribution >= 4 is 17.0 Å². The Bertz CT molecular complexity index is 1070. The third kappa shape index (κ3) is 5.06. The first-order valence-electron chi connectivity index (χ1n) is 11.0. The zero-order chi connectivity index (χ0) is 22.5. The molecule has 2 heterocycles. The Morgan fingerprint density at radius 2 is 1.91 bits per heavy atom. The monoisotopic (exact) mass is 437 g/mol. The molecule has 1 fully saturated rings. The van der Waals surface area contributed by atoms with E-state index in [9.17, 15) is 4.79 Å². The van der Waals surface area contributed by atoms with E-state index in [0.29, 0.717) is 6.54 Å². The molecular formula is C25H31N3O4. The highest BCUT2D eigenvalue weighted by molar-refractivity contribution is 5.84. The predicted octanol–water partition coefficient (Wildman–Crippen LogP) is 4.14. The summed E-state index contributed by atoms with van der Waals surface area (Å²) < 4.78 is 16.8. The number of morpholine rings is 1. The van der Waals surface area contributed by atoms with Gasteiger partial charge in [0.25, 0.3) is 0 Å². The number of urea groups is 1. The molecule has 1 aliphatic heterocycles. The predicted molar refractivity (Wildman–Crippen MR) is 124 cm³/mol. The van der Waals surface area contributed by atoms with E-state index in [-0.39, 0.29) is 12.1 Å². The van der Waals surface area contributed by atoms with E-state index in [0.717, 1.165) is 66.5 Å². The van der Waals surface area contributed by atoms with E-state index >= 15 is 0 Å². The molecule has 4 rings (SSSR count). The number of aryl methyl sites for hydroxylation is 1. The van der Waals surface area contributed by atoms with Crippen LogP contribution >= 0.6 is 0 Å². The second kappa shape index (κ2) is 10.1. The van der Waals surface area contributed by atoms with Crippen LogP contribution in [0.2, 0.25) is 0 Å². The number of furan rings is 1. The number of nitrogens with one attached hydrogen (secondary N) is 2. The molecule has 1 atom stereocenters. The van der Waals surface area contributed by atoms with E-state index in [1.54, 1.807) is 7.11 Å². The van der Waals surface area contributed by atoms with Crippen LogP contribution in [0.1, 0.15) is 35.4 Å². The van der Waals surface area contributed by atoms with Gasteiger partial charge in [0, 0.05) is 37.1 Å². The number of ether oxygens (including phenoxy) is 2. The Morgan fingerprint density at radius 3 is 2.66 bits per heavy atom. The fraction of sp³-hybridized carbons (Fsp3) is 0.400. The Labute approximate surface area is 188 Å². The number of hydrogen-bond acceptors (Lipinski definition) is 5. The molecule has 2 N–H and O–H groups in total. The molecule has 7 nitrogen and oxygen atoms in total. The maximum absolute atomic E-state index is 12.6. The van der Waals surface area contributed by atoms with E-state index in [4.69, 9.17) is 13.9 Å². The summed E-state index contributed by atoms with van der Waals surface area (Å²) in [5.74, 6) is 1.53. The number of benzene rings is 2. The van der Waals surface area contributed by atoms with Crippen molar-refractivity contribution in [1.82, 2.24) is 15.5 Å². The van der Waals surface area contributed by atoms with Gasteiger partial charge in [0.05, 0.1) is 26.4 Å². The van der Waals surface area contributed by atoms with Gasteiger partial charge < -0.3 is 24.5 Å². The minimum absolute atomic E-state index is 0.226. The molecule has 1 saturated heterocycles. The van der Waals surface area contributed by atoms with Crippen molar-refractivity contribution in [3.8, 4) is 5.75 Å². The first-order valence-corrected chi connectivity index (χ1v) is 11.0. The van der Waals surface area contributed by atoms with Crippen molar-refractivity contribution < 1.29 is 18.7 Å². The second-order valence-corrected chi connectivity index (χ2v) is 8.16. The molecule has 3 aromatic rings. The number of hydrogen-bond donors (Lipinski definition) is 2. The van der Waals surface area contributed by atoms with Gasteiger partial charge in [-0.3, -0.25) is 4.90 Å². The topological polar surface area (TPSA) is 76.0 Å². The van der Waals surface area contributed by atoms with Crippen LogP contribution in [0.15, 0.2) is 46.9 Å². The molecule has 1 aliphatic rings. The lowest BCUT2D eigenvalue weighted by molar-refractivity contribution is 0.0341. The molecule has 0 aliphatic carbocycles. The minimum atomic E-state index is -0.267. The average molecular weight is 438 g/mol. The molecule has 2 amide bonds. The first kappa shape index (κ1) is 22.2. The summed E-state index contributed by atoms with van der Waals surface area (Å²) >= 11 is 0. The van der Waals surface area contributed by atoms with Crippen molar-refractivity contribution in [3.63, 3.8) is 0 Å². The lowest BCUT2D eigenvalue weighted by Crippen LogP contribution is -2.37. The number of nitrogens with zero attached hydrogens (tertiary/aromatic N) is 1. The van der Waals surface area contributed by atoms with Gasteiger partial charge in [-0.05, 0) is 43.2 Å². The molecule has 0 bridgehead atoms. The summed E-state index contributed by atoms with van der Waals surface area (Å²) in [6, 6.07) is 13.5. The van der Waals surface area contributed by atoms with E-state index < -0.39 is 0 Å². The normalized spacial score (nSPS) is 15.5. The van der Waals surface area contributed by atoms with E-state index in [1.165, 1.54) is 5.56 Å². The summed E-state index contributed by atoms with van der Waals surface area (Å²) in [7, 11) is 1.64. The van der Waals surface area contributed by atoms with Gasteiger partial charge >= 0.3 is 6.03 Å². The highest BCUT2D eigenvalue weighted by Gasteiger charge is 2.19. The van der Waals surface area contributed by atoms with Crippen molar-refractivity contribution in [2.24, 2.45) is 0 Å². The van der Waals surface area contributed by atoms with Crippen LogP contribution in [0.3, 0.4) is 0 Å². The minimum Gasteiger partial charge on any atom is -0.497 e. The third-order valence-corrected chi connectivity index (χ3v) is 5.98. The van der Waals surface area contributed by atoms with Crippen LogP contribution in [0.4, 0.5) is 4.79 Å². The third-order valence-electron chi connectivity index (χ3n) is 5.98. The summed E-state index contributed by atoms with van der Waals surface area (Å²) in [6.07, 6.45) is 0. The average Bonchev–Trinajstić information content (AvgIpc) is 3.15. The maximum Gasteiger partial charge on any atom is 0.315 e. The van der Waals surface area contributed by atoms with Crippen LogP contribution in [-0.2, 0) is 17.8 Å². The SMILES string of the molecule is COc1ccc2oc(C(C)NC(=O)NCc3ccccc3CN3CCOCC3)c(C)c2c1. The van der Waals surface area contributed by atoms with Gasteiger partial charge in [0.15, 0.2) is 0 Å². The highest BCUT2D eigenvalue weighted by atomic mass is 16.5. The molecule has 2 aromatic carbocycles. The standard InChI is InChI=1S/C25H31N3O4/c1-17-22-14-21(30-3)8-9-23(22)32-24(17)18(2)27-25(29)26-15-19-6-4-5-7-20(19)16-28-10-12-31-13-11-28/h4-9,14,18H,10-13,15-16H2,1-3H3,(H2,26,27,29). The summed E-state index contributed by atoms with van der Waals surface area (Å²) in [5.41, 5.74) is 4.13. The zero-order valence-corrected chi connectivity index (χ0v) is 18.9. The molecule has 7 heteroatoms. The molecule has 1 aromatic heterocycles. The number of fused-ring (bicyclic) bond motifs is 1. The van der Waals surface area contributed by atoms with Crippen LogP contribution in [0.25, 0.3) is 11.0 Å². The van der Waals surface area contributed by atoms with Crippen molar-refractivity contribution in [1.29, 1.82) is 0 Å². The van der Waals surface area contributed by atoms with Gasteiger partial charge in [0.2, 0.25) is 0 Å². The number of methoxy groups -OCH3 is 1. The molecule has 1 unspecified atom stereocenters. The summed E-state index contributed by atoms with van der Waals surface area (Å²) in [4.78, 5) is 15.0. The number of amides is 2. The number of carbonyl (C=O) groups is 1. The first-order chi connectivity index (χ1) is 15.5.